The second-order valence-corrected chi connectivity index (χ2v) is 11.4. The van der Waals surface area contributed by atoms with Crippen molar-refractivity contribution >= 4 is 35.0 Å². The monoisotopic (exact) mass is 657 g/mol. The van der Waals surface area contributed by atoms with Gasteiger partial charge in [-0.2, -0.15) is 5.10 Å². The summed E-state index contributed by atoms with van der Waals surface area (Å²) in [7, 11) is 2.96. The summed E-state index contributed by atoms with van der Waals surface area (Å²) in [5, 5.41) is 13.6. The number of aryl methyl sites for hydroxylation is 1. The van der Waals surface area contributed by atoms with E-state index < -0.39 is 23.5 Å². The number of carbonyl (C=O) groups excluding carboxylic acids is 2. The lowest BCUT2D eigenvalue weighted by molar-refractivity contribution is -0.144. The fourth-order valence-corrected chi connectivity index (χ4v) is 5.80. The van der Waals surface area contributed by atoms with Gasteiger partial charge in [-0.1, -0.05) is 48.5 Å². The zero-order chi connectivity index (χ0) is 33.7. The Labute approximate surface area is 277 Å². The Bertz CT molecular complexity index is 1890. The summed E-state index contributed by atoms with van der Waals surface area (Å²) in [5.74, 6) is -0.459. The van der Waals surface area contributed by atoms with Gasteiger partial charge in [-0.05, 0) is 56.4 Å². The first kappa shape index (κ1) is 33.1. The molecule has 13 heteroatoms. The minimum atomic E-state index is -0.684. The molecule has 3 N–H and O–H groups in total. The molecule has 0 radical (unpaired) electrons. The first-order chi connectivity index (χ1) is 22.6. The summed E-state index contributed by atoms with van der Waals surface area (Å²) in [6, 6.07) is 11.8. The highest BCUT2D eigenvalue weighted by Crippen LogP contribution is 2.39. The number of carbonyl (C=O) groups is 2. The van der Waals surface area contributed by atoms with Crippen LogP contribution in [0.15, 0.2) is 71.9 Å². The fraction of sp³-hybridized carbons (Fsp3) is 0.294. The smallest absolute Gasteiger partial charge is 0.328 e. The van der Waals surface area contributed by atoms with Crippen LogP contribution in [0.2, 0.25) is 5.02 Å². The van der Waals surface area contributed by atoms with Crippen LogP contribution >= 0.6 is 11.6 Å². The molecule has 2 aromatic carbocycles. The second-order valence-electron chi connectivity index (χ2n) is 11.1. The maximum Gasteiger partial charge on any atom is 0.328 e. The van der Waals surface area contributed by atoms with E-state index in [9.17, 15) is 14.4 Å². The van der Waals surface area contributed by atoms with E-state index in [1.807, 2.05) is 31.2 Å². The number of allylic oxidation sites excluding steroid dienone is 1. The topological polar surface area (TPSA) is 149 Å². The fourth-order valence-electron chi connectivity index (χ4n) is 5.48. The average molecular weight is 658 g/mol. The van der Waals surface area contributed by atoms with Gasteiger partial charge in [0, 0.05) is 41.8 Å². The third kappa shape index (κ3) is 7.28. The number of hydrogen-bond donors (Lipinski definition) is 3. The number of methoxy groups -OCH3 is 1. The molecule has 47 heavy (non-hydrogen) atoms. The molecule has 1 fully saturated rings. The van der Waals surface area contributed by atoms with Crippen LogP contribution in [0, 0.1) is 6.92 Å². The number of benzene rings is 2. The highest BCUT2D eigenvalue weighted by molar-refractivity contribution is 6.36. The van der Waals surface area contributed by atoms with Gasteiger partial charge in [0.25, 0.3) is 17.3 Å². The molecule has 0 spiro atoms. The Morgan fingerprint density at radius 3 is 2.64 bits per heavy atom. The van der Waals surface area contributed by atoms with E-state index in [0.29, 0.717) is 39.8 Å². The third-order valence-electron chi connectivity index (χ3n) is 7.94. The largest absolute Gasteiger partial charge is 0.478 e. The summed E-state index contributed by atoms with van der Waals surface area (Å²) in [6.45, 7) is 7.85. The van der Waals surface area contributed by atoms with Crippen LogP contribution in [0.3, 0.4) is 0 Å². The number of anilines is 2. The number of esters is 1. The van der Waals surface area contributed by atoms with Gasteiger partial charge in [-0.3, -0.25) is 9.59 Å². The normalized spacial score (nSPS) is 14.7. The summed E-state index contributed by atoms with van der Waals surface area (Å²) in [4.78, 5) is 47.5. The van der Waals surface area contributed by atoms with Gasteiger partial charge in [-0.25, -0.2) is 19.4 Å². The van der Waals surface area contributed by atoms with Crippen LogP contribution < -0.4 is 26.2 Å². The Morgan fingerprint density at radius 2 is 1.91 bits per heavy atom. The number of rotatable bonds is 11. The number of amides is 1. The van der Waals surface area contributed by atoms with E-state index in [1.54, 1.807) is 25.3 Å². The molecule has 0 aliphatic carbocycles. The number of nitrogens with one attached hydrogen (secondary N) is 3. The van der Waals surface area contributed by atoms with Crippen molar-refractivity contribution in [3.05, 3.63) is 93.6 Å². The van der Waals surface area contributed by atoms with Crippen molar-refractivity contribution in [3.8, 4) is 28.3 Å². The van der Waals surface area contributed by atoms with Crippen molar-refractivity contribution in [1.82, 2.24) is 25.1 Å². The van der Waals surface area contributed by atoms with Crippen molar-refractivity contribution in [2.75, 3.05) is 24.4 Å². The lowest BCUT2D eigenvalue weighted by Gasteiger charge is -2.22. The zero-order valence-corrected chi connectivity index (χ0v) is 27.4. The van der Waals surface area contributed by atoms with Gasteiger partial charge < -0.3 is 25.4 Å². The predicted octanol–water partition coefficient (Wildman–Crippen LogP) is 5.13. The van der Waals surface area contributed by atoms with Crippen LogP contribution in [-0.4, -0.2) is 57.4 Å². The molecule has 1 unspecified atom stereocenters. The third-order valence-corrected chi connectivity index (χ3v) is 8.34. The molecule has 4 aromatic rings. The summed E-state index contributed by atoms with van der Waals surface area (Å²) >= 11 is 7.01. The Hall–Kier alpha value is -5.23. The molecule has 2 aromatic heterocycles. The maximum absolute atomic E-state index is 13.0. The standard InChI is InChI=1S/C34H36ClN7O5/c1-6-47-34(45)27(17-21-14-13-19(2)38-21)39-30-32(46-5)41-28(18-36-30)24-11-7-10-23(29(24)35)22-9-8-12-26(20(22)3)40-31(43)25-15-16-37-42(4)33(25)44/h7-12,15-16,18,21,27,38H,2,6,13-14,17H2,1,3-5H3,(H,36,39)(H,40,43)/t21-,27?/m0/s1. The first-order valence-corrected chi connectivity index (χ1v) is 15.5. The van der Waals surface area contributed by atoms with Gasteiger partial charge in [0.1, 0.15) is 11.6 Å². The van der Waals surface area contributed by atoms with Gasteiger partial charge >= 0.3 is 5.97 Å². The van der Waals surface area contributed by atoms with Gasteiger partial charge in [0.2, 0.25) is 0 Å². The Kier molecular flexibility index (Phi) is 10.2. The number of nitrogens with zero attached hydrogens (tertiary/aromatic N) is 4. The molecule has 1 aliphatic rings. The highest BCUT2D eigenvalue weighted by atomic mass is 35.5. The van der Waals surface area contributed by atoms with Crippen LogP contribution in [-0.2, 0) is 16.6 Å². The van der Waals surface area contributed by atoms with Crippen LogP contribution in [0.25, 0.3) is 22.4 Å². The summed E-state index contributed by atoms with van der Waals surface area (Å²) in [6.07, 6.45) is 5.15. The van der Waals surface area contributed by atoms with E-state index in [4.69, 9.17) is 21.1 Å². The molecule has 12 nitrogen and oxygen atoms in total. The van der Waals surface area contributed by atoms with E-state index in [0.717, 1.165) is 34.3 Å². The van der Waals surface area contributed by atoms with Crippen molar-refractivity contribution in [2.24, 2.45) is 7.05 Å². The summed E-state index contributed by atoms with van der Waals surface area (Å²) in [5.41, 5.74) is 4.24. The van der Waals surface area contributed by atoms with Crippen molar-refractivity contribution in [1.29, 1.82) is 0 Å². The van der Waals surface area contributed by atoms with E-state index in [1.165, 1.54) is 26.4 Å². The number of ether oxygens (including phenoxy) is 2. The number of hydrogen-bond acceptors (Lipinski definition) is 10. The van der Waals surface area contributed by atoms with Crippen molar-refractivity contribution in [2.45, 2.75) is 45.2 Å². The molecule has 1 amide bonds. The highest BCUT2D eigenvalue weighted by Gasteiger charge is 2.29. The van der Waals surface area contributed by atoms with E-state index in [-0.39, 0.29) is 24.1 Å². The molecule has 0 saturated carbocycles. The minimum absolute atomic E-state index is 0.0209. The van der Waals surface area contributed by atoms with E-state index >= 15 is 0 Å². The molecule has 1 saturated heterocycles. The first-order valence-electron chi connectivity index (χ1n) is 15.1. The SMILES string of the molecule is C=C1CC[C@@H](CC(Nc2ncc(-c3cccc(-c4cccc(NC(=O)c5ccnn(C)c5=O)c4C)c3Cl)nc2OC)C(=O)OCC)N1. The lowest BCUT2D eigenvalue weighted by Crippen LogP contribution is -2.37. The molecular formula is C34H36ClN7O5. The molecule has 0 bridgehead atoms. The zero-order valence-electron chi connectivity index (χ0n) is 26.6. The van der Waals surface area contributed by atoms with Gasteiger partial charge in [0.15, 0.2) is 5.82 Å². The minimum Gasteiger partial charge on any atom is -0.478 e. The predicted molar refractivity (Wildman–Crippen MR) is 181 cm³/mol. The van der Waals surface area contributed by atoms with E-state index in [2.05, 4.69) is 37.6 Å². The van der Waals surface area contributed by atoms with Crippen molar-refractivity contribution < 1.29 is 19.1 Å². The van der Waals surface area contributed by atoms with Gasteiger partial charge in [-0.15, -0.1) is 0 Å². The van der Waals surface area contributed by atoms with Crippen molar-refractivity contribution in [3.63, 3.8) is 0 Å². The lowest BCUT2D eigenvalue weighted by atomic mass is 9.96. The summed E-state index contributed by atoms with van der Waals surface area (Å²) < 4.78 is 12.0. The number of halogens is 1. The maximum atomic E-state index is 13.0. The second kappa shape index (κ2) is 14.5. The molecule has 5 rings (SSSR count). The average Bonchev–Trinajstić information content (AvgIpc) is 3.47. The quantitative estimate of drug-likeness (QED) is 0.185. The Balaban J connectivity index is 1.42. The molecule has 244 valence electrons. The van der Waals surface area contributed by atoms with Crippen LogP contribution in [0.5, 0.6) is 5.88 Å². The number of aromatic nitrogens is 4. The van der Waals surface area contributed by atoms with Gasteiger partial charge in [0.05, 0.1) is 30.6 Å². The molecule has 1 aliphatic heterocycles. The molecule has 3 heterocycles. The Morgan fingerprint density at radius 1 is 1.17 bits per heavy atom. The molecule has 2 atom stereocenters. The van der Waals surface area contributed by atoms with Crippen LogP contribution in [0.1, 0.15) is 42.1 Å². The van der Waals surface area contributed by atoms with Crippen LogP contribution in [0.4, 0.5) is 11.5 Å². The molecular weight excluding hydrogens is 622 g/mol.